The number of carbonyl (C=O) groups excluding carboxylic acids is 1. The average Bonchev–Trinajstić information content (AvgIpc) is 2.46. The van der Waals surface area contributed by atoms with Gasteiger partial charge in [0.05, 0.1) is 9.75 Å². The second-order valence-electron chi connectivity index (χ2n) is 4.56. The van der Waals surface area contributed by atoms with Gasteiger partial charge in [-0.25, -0.2) is 4.98 Å². The van der Waals surface area contributed by atoms with Crippen molar-refractivity contribution < 1.29 is 9.72 Å². The van der Waals surface area contributed by atoms with Crippen LogP contribution in [0, 0.1) is 10.1 Å². The maximum atomic E-state index is 11.8. The van der Waals surface area contributed by atoms with Crippen molar-refractivity contribution in [2.24, 2.45) is 0 Å². The molecule has 0 radical (unpaired) electrons. The Morgan fingerprint density at radius 3 is 2.50 bits per heavy atom. The van der Waals surface area contributed by atoms with E-state index in [0.29, 0.717) is 32.0 Å². The number of anilines is 1. The van der Waals surface area contributed by atoms with Gasteiger partial charge in [-0.05, 0) is 13.0 Å². The van der Waals surface area contributed by atoms with Gasteiger partial charge in [0.25, 0.3) is 5.69 Å². The Bertz CT molecular complexity index is 498. The van der Waals surface area contributed by atoms with E-state index in [1.54, 1.807) is 11.0 Å². The maximum absolute atomic E-state index is 11.8. The molecule has 1 amide bonds. The second kappa shape index (κ2) is 6.17. The molecular weight excluding hydrogens is 328 g/mol. The summed E-state index contributed by atoms with van der Waals surface area (Å²) < 4.78 is 0. The average molecular weight is 343 g/mol. The Kier molecular flexibility index (Phi) is 4.53. The zero-order valence-electron chi connectivity index (χ0n) is 11.0. The summed E-state index contributed by atoms with van der Waals surface area (Å²) in [5.74, 6) is 0.788. The molecule has 1 aliphatic rings. The van der Waals surface area contributed by atoms with Crippen molar-refractivity contribution in [2.45, 2.75) is 11.8 Å². The molecule has 108 valence electrons. The zero-order valence-corrected chi connectivity index (χ0v) is 12.6. The van der Waals surface area contributed by atoms with E-state index in [1.165, 1.54) is 12.3 Å². The van der Waals surface area contributed by atoms with Gasteiger partial charge in [0, 0.05) is 32.2 Å². The van der Waals surface area contributed by atoms with E-state index >= 15 is 0 Å². The number of alkyl halides is 1. The fourth-order valence-electron chi connectivity index (χ4n) is 2.08. The van der Waals surface area contributed by atoms with Gasteiger partial charge in [-0.3, -0.25) is 14.9 Å². The highest BCUT2D eigenvalue weighted by atomic mass is 79.9. The number of carbonyl (C=O) groups is 1. The summed E-state index contributed by atoms with van der Waals surface area (Å²) in [6.45, 7) is 4.43. The topological polar surface area (TPSA) is 79.6 Å². The van der Waals surface area contributed by atoms with Gasteiger partial charge in [0.1, 0.15) is 12.0 Å². The van der Waals surface area contributed by atoms with E-state index in [9.17, 15) is 14.9 Å². The lowest BCUT2D eigenvalue weighted by Gasteiger charge is -2.35. The molecule has 20 heavy (non-hydrogen) atoms. The predicted octanol–water partition coefficient (Wildman–Crippen LogP) is 1.42. The molecule has 1 atom stereocenters. The molecule has 0 aliphatic carbocycles. The highest BCUT2D eigenvalue weighted by molar-refractivity contribution is 9.10. The first-order valence-corrected chi connectivity index (χ1v) is 7.19. The van der Waals surface area contributed by atoms with Gasteiger partial charge < -0.3 is 9.80 Å². The van der Waals surface area contributed by atoms with Crippen molar-refractivity contribution in [1.82, 2.24) is 9.88 Å². The van der Waals surface area contributed by atoms with E-state index in [-0.39, 0.29) is 16.4 Å². The van der Waals surface area contributed by atoms with Crippen LogP contribution in [-0.4, -0.2) is 51.7 Å². The Labute approximate surface area is 124 Å². The lowest BCUT2D eigenvalue weighted by Crippen LogP contribution is -2.50. The van der Waals surface area contributed by atoms with Gasteiger partial charge in [0.2, 0.25) is 5.91 Å². The number of halogens is 1. The molecular formula is C12H15BrN4O3. The van der Waals surface area contributed by atoms with Gasteiger partial charge in [-0.1, -0.05) is 15.9 Å². The number of amides is 1. The summed E-state index contributed by atoms with van der Waals surface area (Å²) in [5.41, 5.74) is -0.0179. The molecule has 7 nitrogen and oxygen atoms in total. The molecule has 1 saturated heterocycles. The number of rotatable bonds is 3. The molecule has 2 heterocycles. The van der Waals surface area contributed by atoms with Crippen molar-refractivity contribution in [1.29, 1.82) is 0 Å². The maximum Gasteiger partial charge on any atom is 0.287 e. The van der Waals surface area contributed by atoms with E-state index in [0.717, 1.165) is 0 Å². The molecule has 0 N–H and O–H groups in total. The number of nitrogens with zero attached hydrogens (tertiary/aromatic N) is 4. The minimum absolute atomic E-state index is 0.0179. The standard InChI is InChI=1S/C12H15BrN4O3/c1-9(13)12(18)16-6-4-15(5-7-16)11-3-2-10(8-14-11)17(19)20/h2-3,8-9H,4-7H2,1H3. The van der Waals surface area contributed by atoms with Gasteiger partial charge in [-0.15, -0.1) is 0 Å². The largest absolute Gasteiger partial charge is 0.353 e. The summed E-state index contributed by atoms with van der Waals surface area (Å²) in [4.78, 5) is 29.7. The van der Waals surface area contributed by atoms with Crippen LogP contribution in [0.15, 0.2) is 18.3 Å². The SMILES string of the molecule is CC(Br)C(=O)N1CCN(c2ccc([N+](=O)[O-])cn2)CC1. The molecule has 0 bridgehead atoms. The molecule has 1 fully saturated rings. The third kappa shape index (κ3) is 3.24. The minimum Gasteiger partial charge on any atom is -0.353 e. The Balaban J connectivity index is 1.97. The lowest BCUT2D eigenvalue weighted by atomic mass is 10.2. The van der Waals surface area contributed by atoms with Crippen molar-refractivity contribution in [2.75, 3.05) is 31.1 Å². The summed E-state index contributed by atoms with van der Waals surface area (Å²) >= 11 is 3.28. The van der Waals surface area contributed by atoms with Crippen LogP contribution in [0.2, 0.25) is 0 Å². The first-order valence-electron chi connectivity index (χ1n) is 6.27. The molecule has 1 aliphatic heterocycles. The van der Waals surface area contributed by atoms with E-state index < -0.39 is 4.92 Å². The quantitative estimate of drug-likeness (QED) is 0.471. The highest BCUT2D eigenvalue weighted by Gasteiger charge is 2.24. The van der Waals surface area contributed by atoms with Crippen LogP contribution in [0.1, 0.15) is 6.92 Å². The molecule has 0 spiro atoms. The number of hydrogen-bond donors (Lipinski definition) is 0. The van der Waals surface area contributed by atoms with Crippen LogP contribution in [0.4, 0.5) is 11.5 Å². The van der Waals surface area contributed by atoms with E-state index in [1.807, 2.05) is 11.8 Å². The molecule has 8 heteroatoms. The molecule has 1 unspecified atom stereocenters. The van der Waals surface area contributed by atoms with Crippen molar-refractivity contribution in [3.8, 4) is 0 Å². The van der Waals surface area contributed by atoms with E-state index in [2.05, 4.69) is 20.9 Å². The first-order chi connectivity index (χ1) is 9.49. The minimum atomic E-state index is -0.467. The number of pyridine rings is 1. The van der Waals surface area contributed by atoms with Gasteiger partial charge in [-0.2, -0.15) is 0 Å². The van der Waals surface area contributed by atoms with E-state index in [4.69, 9.17) is 0 Å². The predicted molar refractivity (Wildman–Crippen MR) is 78.1 cm³/mol. The number of piperazine rings is 1. The monoisotopic (exact) mass is 342 g/mol. The smallest absolute Gasteiger partial charge is 0.287 e. The molecule has 1 aromatic rings. The van der Waals surface area contributed by atoms with Crippen LogP contribution in [0.25, 0.3) is 0 Å². The van der Waals surface area contributed by atoms with Crippen LogP contribution in [0.3, 0.4) is 0 Å². The summed E-state index contributed by atoms with van der Waals surface area (Å²) in [6, 6.07) is 3.09. The lowest BCUT2D eigenvalue weighted by molar-refractivity contribution is -0.385. The molecule has 2 rings (SSSR count). The number of nitro groups is 1. The third-order valence-corrected chi connectivity index (χ3v) is 3.59. The van der Waals surface area contributed by atoms with Crippen LogP contribution in [-0.2, 0) is 4.79 Å². The molecule has 0 saturated carbocycles. The normalized spacial score (nSPS) is 16.9. The van der Waals surface area contributed by atoms with Crippen molar-refractivity contribution in [3.05, 3.63) is 28.4 Å². The molecule has 0 aromatic carbocycles. The second-order valence-corrected chi connectivity index (χ2v) is 5.93. The third-order valence-electron chi connectivity index (χ3n) is 3.20. The first kappa shape index (κ1) is 14.7. The zero-order chi connectivity index (χ0) is 14.7. The summed E-state index contributed by atoms with van der Waals surface area (Å²) in [5, 5.41) is 10.6. The Morgan fingerprint density at radius 2 is 2.05 bits per heavy atom. The van der Waals surface area contributed by atoms with Crippen LogP contribution < -0.4 is 4.90 Å². The van der Waals surface area contributed by atoms with Crippen LogP contribution >= 0.6 is 15.9 Å². The summed E-state index contributed by atoms with van der Waals surface area (Å²) in [6.07, 6.45) is 1.26. The molecule has 1 aromatic heterocycles. The van der Waals surface area contributed by atoms with Crippen molar-refractivity contribution in [3.63, 3.8) is 0 Å². The van der Waals surface area contributed by atoms with Gasteiger partial charge >= 0.3 is 0 Å². The number of hydrogen-bond acceptors (Lipinski definition) is 5. The summed E-state index contributed by atoms with van der Waals surface area (Å²) in [7, 11) is 0. The number of aromatic nitrogens is 1. The van der Waals surface area contributed by atoms with Gasteiger partial charge in [0.15, 0.2) is 0 Å². The Morgan fingerprint density at radius 1 is 1.40 bits per heavy atom. The Hall–Kier alpha value is -1.70. The van der Waals surface area contributed by atoms with Crippen LogP contribution in [0.5, 0.6) is 0 Å². The van der Waals surface area contributed by atoms with Crippen molar-refractivity contribution >= 4 is 33.3 Å². The fourth-order valence-corrected chi connectivity index (χ4v) is 2.37. The fraction of sp³-hybridized carbons (Fsp3) is 0.500. The highest BCUT2D eigenvalue weighted by Crippen LogP contribution is 2.18.